The van der Waals surface area contributed by atoms with Crippen molar-refractivity contribution in [3.8, 4) is 5.75 Å². The van der Waals surface area contributed by atoms with Gasteiger partial charge in [0.05, 0.1) is 25.6 Å². The Hall–Kier alpha value is -3.26. The highest BCUT2D eigenvalue weighted by molar-refractivity contribution is 7.59. The minimum atomic E-state index is -4.81. The van der Waals surface area contributed by atoms with Crippen molar-refractivity contribution in [2.75, 3.05) is 18.7 Å². The Morgan fingerprint density at radius 3 is 2.52 bits per heavy atom. The van der Waals surface area contributed by atoms with Crippen molar-refractivity contribution in [2.24, 2.45) is 0 Å². The van der Waals surface area contributed by atoms with Crippen molar-refractivity contribution >= 4 is 30.4 Å². The Balaban J connectivity index is 1.71. The Bertz CT molecular complexity index is 1330. The number of nitrogens with zero attached hydrogens (tertiary/aromatic N) is 4. The maximum Gasteiger partial charge on any atom is 0.573 e. The molecule has 0 spiro atoms. The number of nitrogens with one attached hydrogen (secondary N) is 2. The van der Waals surface area contributed by atoms with Gasteiger partial charge >= 0.3 is 12.3 Å². The number of halogens is 3. The number of carbonyl (C=O) groups excluding carboxylic acids is 1. The van der Waals surface area contributed by atoms with Gasteiger partial charge in [0, 0.05) is 6.54 Å². The summed E-state index contributed by atoms with van der Waals surface area (Å²) in [6, 6.07) is 5.11. The summed E-state index contributed by atoms with van der Waals surface area (Å²) in [6.45, 7) is 7.19. The van der Waals surface area contributed by atoms with Gasteiger partial charge in [0.15, 0.2) is 11.5 Å². The number of esters is 1. The van der Waals surface area contributed by atoms with Crippen LogP contribution in [0.5, 0.6) is 5.75 Å². The summed E-state index contributed by atoms with van der Waals surface area (Å²) >= 11 is 0. The zero-order valence-electron chi connectivity index (χ0n) is 22.6. The third-order valence-electron chi connectivity index (χ3n) is 5.53. The SMILES string of the molecule is CCCOC(=O)C(C)(C)N[P@@](=O)(CO[C@H](C)Cn1cnc2c(N)ncnc21)NCc1ccc(OC(F)(F)F)cc1. The van der Waals surface area contributed by atoms with Gasteiger partial charge in [-0.3, -0.25) is 9.36 Å². The minimum Gasteiger partial charge on any atom is -0.464 e. The van der Waals surface area contributed by atoms with Crippen molar-refractivity contribution < 1.29 is 36.7 Å². The van der Waals surface area contributed by atoms with Gasteiger partial charge in [-0.05, 0) is 44.9 Å². The highest BCUT2D eigenvalue weighted by atomic mass is 31.2. The number of imidazole rings is 1. The summed E-state index contributed by atoms with van der Waals surface area (Å²) in [6.07, 6.45) is -2.12. The minimum absolute atomic E-state index is 0.00322. The lowest BCUT2D eigenvalue weighted by molar-refractivity contribution is -0.274. The van der Waals surface area contributed by atoms with Crippen LogP contribution in [0.15, 0.2) is 36.9 Å². The summed E-state index contributed by atoms with van der Waals surface area (Å²) < 4.78 is 68.2. The first kappa shape index (κ1) is 31.3. The summed E-state index contributed by atoms with van der Waals surface area (Å²) in [5.41, 5.74) is 5.98. The Morgan fingerprint density at radius 2 is 1.88 bits per heavy atom. The normalized spacial score (nSPS) is 14.6. The molecule has 0 bridgehead atoms. The smallest absolute Gasteiger partial charge is 0.464 e. The van der Waals surface area contributed by atoms with Crippen molar-refractivity contribution in [1.82, 2.24) is 29.7 Å². The average Bonchev–Trinajstić information content (AvgIpc) is 3.28. The van der Waals surface area contributed by atoms with Crippen LogP contribution in [-0.4, -0.2) is 56.4 Å². The summed E-state index contributed by atoms with van der Waals surface area (Å²) in [4.78, 5) is 24.9. The fraction of sp³-hybridized carbons (Fsp3) is 0.500. The fourth-order valence-electron chi connectivity index (χ4n) is 3.61. The molecule has 12 nitrogen and oxygen atoms in total. The third kappa shape index (κ3) is 8.88. The molecule has 2 aromatic heterocycles. The van der Waals surface area contributed by atoms with Crippen molar-refractivity contribution in [3.63, 3.8) is 0 Å². The van der Waals surface area contributed by atoms with Crippen molar-refractivity contribution in [1.29, 1.82) is 0 Å². The van der Waals surface area contributed by atoms with Crippen LogP contribution in [0.2, 0.25) is 0 Å². The van der Waals surface area contributed by atoms with Crippen LogP contribution in [0.3, 0.4) is 0 Å². The molecule has 0 amide bonds. The number of alkyl halides is 3. The first-order valence-electron chi connectivity index (χ1n) is 12.4. The molecule has 0 fully saturated rings. The molecular formula is C24H33F3N7O5P. The van der Waals surface area contributed by atoms with Gasteiger partial charge < -0.3 is 24.5 Å². The number of ether oxygens (including phenoxy) is 3. The van der Waals surface area contributed by atoms with E-state index in [1.807, 2.05) is 6.92 Å². The number of nitrogen functional groups attached to an aromatic ring is 1. The summed E-state index contributed by atoms with van der Waals surface area (Å²) in [7, 11) is -3.64. The summed E-state index contributed by atoms with van der Waals surface area (Å²) in [5.74, 6) is -0.737. The van der Waals surface area contributed by atoms with Gasteiger partial charge in [0.1, 0.15) is 29.5 Å². The topological polar surface area (TPSA) is 156 Å². The first-order chi connectivity index (χ1) is 18.7. The van der Waals surface area contributed by atoms with E-state index >= 15 is 0 Å². The monoisotopic (exact) mass is 587 g/mol. The number of aromatic nitrogens is 4. The summed E-state index contributed by atoms with van der Waals surface area (Å²) in [5, 5.41) is 5.75. The number of hydrogen-bond donors (Lipinski definition) is 3. The van der Waals surface area contributed by atoms with Gasteiger partial charge in [-0.25, -0.2) is 25.1 Å². The Labute approximate surface area is 229 Å². The molecule has 0 aliphatic heterocycles. The van der Waals surface area contributed by atoms with Gasteiger partial charge in [0.25, 0.3) is 0 Å². The predicted octanol–water partition coefficient (Wildman–Crippen LogP) is 3.97. The van der Waals surface area contributed by atoms with Gasteiger partial charge in [0.2, 0.25) is 7.44 Å². The van der Waals surface area contributed by atoms with Crippen LogP contribution in [0, 0.1) is 0 Å². The number of rotatable bonds is 14. The second-order valence-corrected chi connectivity index (χ2v) is 11.9. The molecule has 4 N–H and O–H groups in total. The number of benzene rings is 1. The molecule has 3 rings (SSSR count). The maximum atomic E-state index is 14.0. The standard InChI is InChI=1S/C24H33F3N7O5P/c1-5-10-37-22(35)23(3,4)33-40(36,32-11-17-6-8-18(9-7-17)39-24(25,26)27)15-38-16(2)12-34-14-31-19-20(28)29-13-30-21(19)34/h6-9,13-14,16H,5,10-12,15H2,1-4H3,(H2,28,29,30)(H2,32,33,36)/t16-,40-/m1/s1. The Morgan fingerprint density at radius 1 is 1.18 bits per heavy atom. The fourth-order valence-corrected chi connectivity index (χ4v) is 5.74. The number of nitrogens with two attached hydrogens (primary N) is 1. The molecule has 220 valence electrons. The largest absolute Gasteiger partial charge is 0.573 e. The van der Waals surface area contributed by atoms with E-state index in [0.29, 0.717) is 29.7 Å². The lowest BCUT2D eigenvalue weighted by atomic mass is 10.1. The average molecular weight is 588 g/mol. The second kappa shape index (κ2) is 12.9. The maximum absolute atomic E-state index is 14.0. The zero-order valence-corrected chi connectivity index (χ0v) is 23.5. The lowest BCUT2D eigenvalue weighted by Gasteiger charge is -2.31. The van der Waals surface area contributed by atoms with Crippen LogP contribution in [-0.2, 0) is 31.9 Å². The molecule has 3 aromatic rings. The molecular weight excluding hydrogens is 554 g/mol. The van der Waals surface area contributed by atoms with E-state index in [0.717, 1.165) is 12.1 Å². The van der Waals surface area contributed by atoms with E-state index in [1.54, 1.807) is 17.8 Å². The van der Waals surface area contributed by atoms with Crippen LogP contribution < -0.4 is 20.6 Å². The molecule has 40 heavy (non-hydrogen) atoms. The molecule has 0 saturated carbocycles. The van der Waals surface area contributed by atoms with Crippen molar-refractivity contribution in [2.45, 2.75) is 65.2 Å². The quantitative estimate of drug-likeness (QED) is 0.185. The van der Waals surface area contributed by atoms with E-state index in [9.17, 15) is 22.5 Å². The van der Waals surface area contributed by atoms with Crippen LogP contribution >= 0.6 is 7.44 Å². The molecule has 0 aliphatic carbocycles. The third-order valence-corrected chi connectivity index (χ3v) is 7.63. The lowest BCUT2D eigenvalue weighted by Crippen LogP contribution is -2.48. The van der Waals surface area contributed by atoms with E-state index in [-0.39, 0.29) is 31.1 Å². The Kier molecular flexibility index (Phi) is 10.1. The van der Waals surface area contributed by atoms with Gasteiger partial charge in [-0.15, -0.1) is 13.2 Å². The molecule has 2 atom stereocenters. The molecule has 0 aliphatic rings. The van der Waals surface area contributed by atoms with E-state index in [1.165, 1.54) is 32.3 Å². The number of hydrogen-bond acceptors (Lipinski definition) is 9. The highest BCUT2D eigenvalue weighted by Gasteiger charge is 2.37. The van der Waals surface area contributed by atoms with E-state index in [2.05, 4.69) is 29.9 Å². The number of fused-ring (bicyclic) bond motifs is 1. The number of anilines is 1. The number of carbonyl (C=O) groups is 1. The molecule has 1 aromatic carbocycles. The van der Waals surface area contributed by atoms with E-state index < -0.39 is 31.4 Å². The first-order valence-corrected chi connectivity index (χ1v) is 14.3. The predicted molar refractivity (Wildman–Crippen MR) is 141 cm³/mol. The molecule has 16 heteroatoms. The molecule has 0 radical (unpaired) electrons. The second-order valence-electron chi connectivity index (χ2n) is 9.57. The van der Waals surface area contributed by atoms with Crippen LogP contribution in [0.25, 0.3) is 11.2 Å². The van der Waals surface area contributed by atoms with Gasteiger partial charge in [-0.2, -0.15) is 0 Å². The highest BCUT2D eigenvalue weighted by Crippen LogP contribution is 2.40. The zero-order chi connectivity index (χ0) is 29.6. The van der Waals surface area contributed by atoms with Crippen LogP contribution in [0.1, 0.15) is 39.7 Å². The molecule has 0 unspecified atom stereocenters. The van der Waals surface area contributed by atoms with Crippen molar-refractivity contribution in [3.05, 3.63) is 42.5 Å². The van der Waals surface area contributed by atoms with Crippen LogP contribution in [0.4, 0.5) is 19.0 Å². The molecule has 2 heterocycles. The van der Waals surface area contributed by atoms with E-state index in [4.69, 9.17) is 15.2 Å². The molecule has 0 saturated heterocycles. The van der Waals surface area contributed by atoms with Gasteiger partial charge in [-0.1, -0.05) is 19.1 Å².